The third-order valence-electron chi connectivity index (χ3n) is 3.82. The van der Waals surface area contributed by atoms with E-state index in [2.05, 4.69) is 60.4 Å². The van der Waals surface area contributed by atoms with Crippen LogP contribution in [0.5, 0.6) is 0 Å². The first-order valence-electron chi connectivity index (χ1n) is 7.67. The van der Waals surface area contributed by atoms with Gasteiger partial charge in [0.1, 0.15) is 0 Å². The lowest BCUT2D eigenvalue weighted by Gasteiger charge is -2.08. The predicted octanol–water partition coefficient (Wildman–Crippen LogP) is 6.19. The van der Waals surface area contributed by atoms with Crippen LogP contribution in [-0.4, -0.2) is 6.21 Å². The molecule has 0 aromatic heterocycles. The summed E-state index contributed by atoms with van der Waals surface area (Å²) in [7, 11) is 0. The summed E-state index contributed by atoms with van der Waals surface area (Å²) in [6.07, 6.45) is 1.91. The minimum atomic E-state index is 0.0394. The van der Waals surface area contributed by atoms with Crippen LogP contribution in [0.25, 0.3) is 11.1 Å². The van der Waals surface area contributed by atoms with Crippen molar-refractivity contribution < 1.29 is 0 Å². The predicted molar refractivity (Wildman–Crippen MR) is 99.3 cm³/mol. The minimum Gasteiger partial charge on any atom is -0.285 e. The van der Waals surface area contributed by atoms with E-state index in [1.807, 2.05) is 36.5 Å². The zero-order chi connectivity index (χ0) is 16.1. The Hall–Kier alpha value is -2.38. The molecule has 23 heavy (non-hydrogen) atoms. The normalized spacial score (nSPS) is 12.4. The lowest BCUT2D eigenvalue weighted by atomic mass is 10.0. The lowest BCUT2D eigenvalue weighted by Crippen LogP contribution is -1.92. The molecule has 3 aromatic carbocycles. The highest BCUT2D eigenvalue weighted by Crippen LogP contribution is 2.25. The molecular formula is C21H18ClN. The van der Waals surface area contributed by atoms with Gasteiger partial charge in [-0.3, -0.25) is 4.99 Å². The molecule has 2 heteroatoms. The summed E-state index contributed by atoms with van der Waals surface area (Å²) in [5, 5.41) is 0.761. The molecule has 1 unspecified atom stereocenters. The van der Waals surface area contributed by atoms with E-state index < -0.39 is 0 Å². The molecule has 114 valence electrons. The molecule has 0 saturated heterocycles. The maximum Gasteiger partial charge on any atom is 0.0735 e. The Labute approximate surface area is 142 Å². The van der Waals surface area contributed by atoms with Crippen LogP contribution in [-0.2, 0) is 0 Å². The van der Waals surface area contributed by atoms with Gasteiger partial charge in [0.05, 0.1) is 6.04 Å². The second kappa shape index (κ2) is 7.26. The summed E-state index contributed by atoms with van der Waals surface area (Å²) in [6, 6.07) is 26.7. The van der Waals surface area contributed by atoms with Crippen molar-refractivity contribution in [2.45, 2.75) is 13.0 Å². The molecule has 3 rings (SSSR count). The lowest BCUT2D eigenvalue weighted by molar-refractivity contribution is 0.825. The molecule has 0 spiro atoms. The summed E-state index contributed by atoms with van der Waals surface area (Å²) in [5.41, 5.74) is 4.57. The van der Waals surface area contributed by atoms with Crippen LogP contribution in [0.2, 0.25) is 5.02 Å². The number of hydrogen-bond acceptors (Lipinski definition) is 1. The van der Waals surface area contributed by atoms with Crippen LogP contribution in [0.3, 0.4) is 0 Å². The molecule has 0 aliphatic carbocycles. The Morgan fingerprint density at radius 3 is 2.09 bits per heavy atom. The highest BCUT2D eigenvalue weighted by atomic mass is 35.5. The summed E-state index contributed by atoms with van der Waals surface area (Å²) >= 11 is 6.22. The van der Waals surface area contributed by atoms with Crippen molar-refractivity contribution in [1.29, 1.82) is 0 Å². The maximum atomic E-state index is 6.22. The van der Waals surface area contributed by atoms with E-state index in [9.17, 15) is 0 Å². The van der Waals surface area contributed by atoms with E-state index in [4.69, 9.17) is 11.6 Å². The van der Waals surface area contributed by atoms with Crippen LogP contribution in [0, 0.1) is 0 Å². The third-order valence-corrected chi connectivity index (χ3v) is 4.16. The number of aliphatic imine (C=N–C) groups is 1. The smallest absolute Gasteiger partial charge is 0.0735 e. The number of hydrogen-bond donors (Lipinski definition) is 0. The molecule has 0 aliphatic rings. The van der Waals surface area contributed by atoms with E-state index in [-0.39, 0.29) is 6.04 Å². The van der Waals surface area contributed by atoms with E-state index in [0.717, 1.165) is 16.1 Å². The van der Waals surface area contributed by atoms with Crippen LogP contribution in [0.15, 0.2) is 83.9 Å². The summed E-state index contributed by atoms with van der Waals surface area (Å²) in [4.78, 5) is 4.62. The van der Waals surface area contributed by atoms with Crippen LogP contribution < -0.4 is 0 Å². The number of nitrogens with zero attached hydrogens (tertiary/aromatic N) is 1. The van der Waals surface area contributed by atoms with Gasteiger partial charge in [-0.05, 0) is 35.2 Å². The molecule has 1 nitrogen and oxygen atoms in total. The average molecular weight is 320 g/mol. The van der Waals surface area contributed by atoms with Gasteiger partial charge in [-0.15, -0.1) is 0 Å². The van der Waals surface area contributed by atoms with Crippen LogP contribution in [0.1, 0.15) is 24.1 Å². The largest absolute Gasteiger partial charge is 0.285 e. The van der Waals surface area contributed by atoms with E-state index in [0.29, 0.717) is 0 Å². The number of halogens is 1. The van der Waals surface area contributed by atoms with Crippen molar-refractivity contribution in [2.24, 2.45) is 4.99 Å². The van der Waals surface area contributed by atoms with Crippen molar-refractivity contribution in [1.82, 2.24) is 0 Å². The SMILES string of the molecule is CC(N=Cc1ccc(-c2ccccc2)cc1)c1ccccc1Cl. The average Bonchev–Trinajstić information content (AvgIpc) is 2.61. The van der Waals surface area contributed by atoms with Crippen LogP contribution >= 0.6 is 11.6 Å². The van der Waals surface area contributed by atoms with Gasteiger partial charge in [-0.1, -0.05) is 84.4 Å². The fraction of sp³-hybridized carbons (Fsp3) is 0.0952. The highest BCUT2D eigenvalue weighted by molar-refractivity contribution is 6.31. The van der Waals surface area contributed by atoms with Gasteiger partial charge < -0.3 is 0 Å². The second-order valence-corrected chi connectivity index (χ2v) is 5.87. The van der Waals surface area contributed by atoms with Crippen molar-refractivity contribution in [2.75, 3.05) is 0 Å². The molecular weight excluding hydrogens is 302 g/mol. The van der Waals surface area contributed by atoms with E-state index in [1.165, 1.54) is 11.1 Å². The summed E-state index contributed by atoms with van der Waals surface area (Å²) in [5.74, 6) is 0. The summed E-state index contributed by atoms with van der Waals surface area (Å²) in [6.45, 7) is 2.05. The van der Waals surface area contributed by atoms with Crippen molar-refractivity contribution in [3.8, 4) is 11.1 Å². The number of rotatable bonds is 4. The Morgan fingerprint density at radius 2 is 1.39 bits per heavy atom. The van der Waals surface area contributed by atoms with Crippen LogP contribution in [0.4, 0.5) is 0 Å². The Bertz CT molecular complexity index is 792. The van der Waals surface area contributed by atoms with Gasteiger partial charge in [0.15, 0.2) is 0 Å². The topological polar surface area (TPSA) is 12.4 Å². The monoisotopic (exact) mass is 319 g/mol. The summed E-state index contributed by atoms with van der Waals surface area (Å²) < 4.78 is 0. The molecule has 0 aliphatic heterocycles. The molecule has 0 heterocycles. The number of benzene rings is 3. The van der Waals surface area contributed by atoms with Gasteiger partial charge in [-0.2, -0.15) is 0 Å². The molecule has 0 N–H and O–H groups in total. The van der Waals surface area contributed by atoms with Gasteiger partial charge >= 0.3 is 0 Å². The molecule has 0 saturated carbocycles. The fourth-order valence-electron chi connectivity index (χ4n) is 2.48. The standard InChI is InChI=1S/C21H18ClN/c1-16(20-9-5-6-10-21(20)22)23-15-17-11-13-19(14-12-17)18-7-3-2-4-8-18/h2-16H,1H3. The Balaban J connectivity index is 1.74. The van der Waals surface area contributed by atoms with Gasteiger partial charge in [-0.25, -0.2) is 0 Å². The molecule has 1 atom stereocenters. The first-order valence-corrected chi connectivity index (χ1v) is 8.05. The minimum absolute atomic E-state index is 0.0394. The molecule has 3 aromatic rings. The first kappa shape index (κ1) is 15.5. The second-order valence-electron chi connectivity index (χ2n) is 5.46. The highest BCUT2D eigenvalue weighted by Gasteiger charge is 2.06. The fourth-order valence-corrected chi connectivity index (χ4v) is 2.78. The zero-order valence-corrected chi connectivity index (χ0v) is 13.7. The third kappa shape index (κ3) is 3.88. The van der Waals surface area contributed by atoms with E-state index in [1.54, 1.807) is 0 Å². The molecule has 0 radical (unpaired) electrons. The van der Waals surface area contributed by atoms with Gasteiger partial charge in [0, 0.05) is 11.2 Å². The quantitative estimate of drug-likeness (QED) is 0.509. The van der Waals surface area contributed by atoms with Crippen molar-refractivity contribution in [3.05, 3.63) is 95.0 Å². The van der Waals surface area contributed by atoms with E-state index >= 15 is 0 Å². The molecule has 0 bridgehead atoms. The Kier molecular flexibility index (Phi) is 4.89. The van der Waals surface area contributed by atoms with Gasteiger partial charge in [0.2, 0.25) is 0 Å². The first-order chi connectivity index (χ1) is 11.2. The zero-order valence-electron chi connectivity index (χ0n) is 13.0. The molecule has 0 fully saturated rings. The van der Waals surface area contributed by atoms with Crippen molar-refractivity contribution >= 4 is 17.8 Å². The van der Waals surface area contributed by atoms with Gasteiger partial charge in [0.25, 0.3) is 0 Å². The Morgan fingerprint density at radius 1 is 0.783 bits per heavy atom. The maximum absolute atomic E-state index is 6.22. The molecule has 0 amide bonds. The van der Waals surface area contributed by atoms with Crippen molar-refractivity contribution in [3.63, 3.8) is 0 Å².